The zero-order chi connectivity index (χ0) is 14.2. The minimum absolute atomic E-state index is 0.152. The molecule has 1 aromatic heterocycles. The van der Waals surface area contributed by atoms with Crippen molar-refractivity contribution < 1.29 is 9.53 Å². The summed E-state index contributed by atoms with van der Waals surface area (Å²) in [6.07, 6.45) is 3.51. The normalized spacial score (nSPS) is 15.9. The van der Waals surface area contributed by atoms with E-state index in [2.05, 4.69) is 13.8 Å². The molecule has 0 N–H and O–H groups in total. The molecule has 1 aliphatic carbocycles. The summed E-state index contributed by atoms with van der Waals surface area (Å²) in [6, 6.07) is 0. The number of carbonyl (C=O) groups is 1. The molecule has 3 heteroatoms. The molecule has 0 aliphatic heterocycles. The van der Waals surface area contributed by atoms with Crippen LogP contribution in [0.25, 0.3) is 0 Å². The van der Waals surface area contributed by atoms with Crippen molar-refractivity contribution in [1.29, 1.82) is 0 Å². The van der Waals surface area contributed by atoms with Gasteiger partial charge in [0.15, 0.2) is 0 Å². The molecule has 0 saturated heterocycles. The van der Waals surface area contributed by atoms with E-state index in [-0.39, 0.29) is 5.97 Å². The summed E-state index contributed by atoms with van der Waals surface area (Å²) in [5, 5.41) is 2.00. The highest BCUT2D eigenvalue weighted by Gasteiger charge is 2.33. The monoisotopic (exact) mass is 280 g/mol. The van der Waals surface area contributed by atoms with Crippen LogP contribution in [0.4, 0.5) is 0 Å². The number of carbonyl (C=O) groups excluding carboxylic acids is 1. The quantitative estimate of drug-likeness (QED) is 0.742. The van der Waals surface area contributed by atoms with Crippen LogP contribution >= 0.6 is 11.3 Å². The average molecular weight is 280 g/mol. The van der Waals surface area contributed by atoms with Crippen molar-refractivity contribution in [1.82, 2.24) is 0 Å². The number of esters is 1. The summed E-state index contributed by atoms with van der Waals surface area (Å²) >= 11 is 1.73. The van der Waals surface area contributed by atoms with Gasteiger partial charge in [-0.2, -0.15) is 0 Å². The third-order valence-corrected chi connectivity index (χ3v) is 4.13. The maximum absolute atomic E-state index is 12.3. The Morgan fingerprint density at radius 2 is 2.05 bits per heavy atom. The number of ether oxygens (including phenoxy) is 1. The minimum atomic E-state index is -0.419. The van der Waals surface area contributed by atoms with Gasteiger partial charge in [-0.3, -0.25) is 0 Å². The lowest BCUT2D eigenvalue weighted by atomic mass is 10.0. The van der Waals surface area contributed by atoms with E-state index in [1.807, 2.05) is 26.2 Å². The molecule has 1 fully saturated rings. The van der Waals surface area contributed by atoms with Crippen LogP contribution in [0.1, 0.15) is 74.2 Å². The molecule has 0 atom stereocenters. The zero-order valence-corrected chi connectivity index (χ0v) is 13.4. The maximum atomic E-state index is 12.3. The lowest BCUT2D eigenvalue weighted by molar-refractivity contribution is 0.00688. The number of hydrogen-bond donors (Lipinski definition) is 0. The van der Waals surface area contributed by atoms with Crippen LogP contribution in [0.15, 0.2) is 5.38 Å². The Balaban J connectivity index is 2.25. The summed E-state index contributed by atoms with van der Waals surface area (Å²) in [7, 11) is 0. The van der Waals surface area contributed by atoms with Gasteiger partial charge in [0.05, 0.1) is 5.56 Å². The molecule has 19 heavy (non-hydrogen) atoms. The third kappa shape index (κ3) is 3.82. The van der Waals surface area contributed by atoms with Crippen molar-refractivity contribution >= 4 is 17.3 Å². The molecule has 0 radical (unpaired) electrons. The maximum Gasteiger partial charge on any atom is 0.339 e. The van der Waals surface area contributed by atoms with Gasteiger partial charge in [-0.15, -0.1) is 11.3 Å². The predicted molar refractivity (Wildman–Crippen MR) is 80.0 cm³/mol. The van der Waals surface area contributed by atoms with Crippen molar-refractivity contribution in [2.45, 2.75) is 65.4 Å². The Kier molecular flexibility index (Phi) is 4.05. The first-order chi connectivity index (χ1) is 8.78. The molecule has 0 spiro atoms. The van der Waals surface area contributed by atoms with Crippen LogP contribution in [-0.2, 0) is 11.2 Å². The van der Waals surface area contributed by atoms with Gasteiger partial charge in [-0.25, -0.2) is 4.79 Å². The SMILES string of the molecule is CC(C)Cc1scc(C(=O)OC(C)(C)C)c1C1CC1. The van der Waals surface area contributed by atoms with E-state index in [0.717, 1.165) is 12.0 Å². The van der Waals surface area contributed by atoms with Gasteiger partial charge in [-0.05, 0) is 57.4 Å². The van der Waals surface area contributed by atoms with Crippen LogP contribution in [-0.4, -0.2) is 11.6 Å². The molecule has 0 bridgehead atoms. The molecule has 1 heterocycles. The highest BCUT2D eigenvalue weighted by molar-refractivity contribution is 7.10. The van der Waals surface area contributed by atoms with Gasteiger partial charge in [0, 0.05) is 10.3 Å². The Hall–Kier alpha value is -0.830. The van der Waals surface area contributed by atoms with Gasteiger partial charge < -0.3 is 4.74 Å². The minimum Gasteiger partial charge on any atom is -0.456 e. The second-order valence-corrected chi connectivity index (χ2v) is 7.82. The highest BCUT2D eigenvalue weighted by Crippen LogP contribution is 2.46. The van der Waals surface area contributed by atoms with E-state index in [0.29, 0.717) is 11.8 Å². The second kappa shape index (κ2) is 5.28. The van der Waals surface area contributed by atoms with Crippen LogP contribution in [0.2, 0.25) is 0 Å². The molecular weight excluding hydrogens is 256 g/mol. The summed E-state index contributed by atoms with van der Waals surface area (Å²) < 4.78 is 5.53. The Morgan fingerprint density at radius 1 is 1.42 bits per heavy atom. The van der Waals surface area contributed by atoms with Crippen molar-refractivity contribution in [3.63, 3.8) is 0 Å². The second-order valence-electron chi connectivity index (χ2n) is 6.86. The first-order valence-corrected chi connectivity index (χ1v) is 7.99. The predicted octanol–water partition coefficient (Wildman–Crippen LogP) is 4.78. The van der Waals surface area contributed by atoms with Crippen LogP contribution in [0.5, 0.6) is 0 Å². The van der Waals surface area contributed by atoms with E-state index in [9.17, 15) is 4.79 Å². The highest BCUT2D eigenvalue weighted by atomic mass is 32.1. The van der Waals surface area contributed by atoms with Gasteiger partial charge in [-0.1, -0.05) is 13.8 Å². The lowest BCUT2D eigenvalue weighted by Crippen LogP contribution is -2.24. The Bertz CT molecular complexity index is 462. The van der Waals surface area contributed by atoms with Crippen LogP contribution in [0.3, 0.4) is 0 Å². The largest absolute Gasteiger partial charge is 0.456 e. The van der Waals surface area contributed by atoms with E-state index in [4.69, 9.17) is 4.74 Å². The third-order valence-electron chi connectivity index (χ3n) is 3.11. The standard InChI is InChI=1S/C16H24O2S/c1-10(2)8-13-14(11-6-7-11)12(9-19-13)15(17)18-16(3,4)5/h9-11H,6-8H2,1-5H3. The molecule has 2 nitrogen and oxygen atoms in total. The fraction of sp³-hybridized carbons (Fsp3) is 0.688. The molecule has 1 aromatic rings. The fourth-order valence-electron chi connectivity index (χ4n) is 2.25. The summed E-state index contributed by atoms with van der Waals surface area (Å²) in [5.41, 5.74) is 1.68. The topological polar surface area (TPSA) is 26.3 Å². The summed E-state index contributed by atoms with van der Waals surface area (Å²) in [4.78, 5) is 13.7. The Morgan fingerprint density at radius 3 is 2.53 bits per heavy atom. The smallest absolute Gasteiger partial charge is 0.339 e. The first kappa shape index (κ1) is 14.6. The van der Waals surface area contributed by atoms with Crippen molar-refractivity contribution in [2.24, 2.45) is 5.92 Å². The van der Waals surface area contributed by atoms with Crippen molar-refractivity contribution in [3.8, 4) is 0 Å². The fourth-order valence-corrected chi connectivity index (χ4v) is 3.56. The molecule has 1 aliphatic rings. The van der Waals surface area contributed by atoms with Gasteiger partial charge >= 0.3 is 5.97 Å². The molecule has 0 aromatic carbocycles. The van der Waals surface area contributed by atoms with Crippen LogP contribution in [0, 0.1) is 5.92 Å². The average Bonchev–Trinajstić information content (AvgIpc) is 2.97. The molecule has 0 amide bonds. The first-order valence-electron chi connectivity index (χ1n) is 7.11. The number of thiophene rings is 1. The molecule has 106 valence electrons. The zero-order valence-electron chi connectivity index (χ0n) is 12.6. The lowest BCUT2D eigenvalue weighted by Gasteiger charge is -2.19. The van der Waals surface area contributed by atoms with E-state index >= 15 is 0 Å². The molecule has 0 unspecified atom stereocenters. The van der Waals surface area contributed by atoms with E-state index in [1.165, 1.54) is 23.3 Å². The Labute approximate surface area is 120 Å². The van der Waals surface area contributed by atoms with E-state index in [1.54, 1.807) is 11.3 Å². The van der Waals surface area contributed by atoms with Crippen molar-refractivity contribution in [2.75, 3.05) is 0 Å². The van der Waals surface area contributed by atoms with Gasteiger partial charge in [0.25, 0.3) is 0 Å². The van der Waals surface area contributed by atoms with E-state index < -0.39 is 5.60 Å². The molecular formula is C16H24O2S. The molecule has 1 saturated carbocycles. The van der Waals surface area contributed by atoms with Crippen molar-refractivity contribution in [3.05, 3.63) is 21.4 Å². The summed E-state index contributed by atoms with van der Waals surface area (Å²) in [5.74, 6) is 1.07. The number of rotatable bonds is 4. The van der Waals surface area contributed by atoms with Gasteiger partial charge in [0.2, 0.25) is 0 Å². The van der Waals surface area contributed by atoms with Gasteiger partial charge in [0.1, 0.15) is 5.60 Å². The molecule has 2 rings (SSSR count). The van der Waals surface area contributed by atoms with Crippen LogP contribution < -0.4 is 0 Å². The number of hydrogen-bond acceptors (Lipinski definition) is 3. The summed E-state index contributed by atoms with van der Waals surface area (Å²) in [6.45, 7) is 10.2.